The van der Waals surface area contributed by atoms with Crippen LogP contribution in [0.25, 0.3) is 4.96 Å². The average molecular weight is 277 g/mol. The first kappa shape index (κ1) is 12.0. The third-order valence-electron chi connectivity index (χ3n) is 2.77. The fraction of sp³-hybridized carbons (Fsp3) is 0.154. The summed E-state index contributed by atoms with van der Waals surface area (Å²) in [7, 11) is 1.45. The lowest BCUT2D eigenvalue weighted by atomic mass is 10.3. The van der Waals surface area contributed by atoms with Gasteiger partial charge in [0, 0.05) is 29.5 Å². The van der Waals surface area contributed by atoms with Crippen LogP contribution in [0.4, 0.5) is 10.1 Å². The molecule has 0 aliphatic heterocycles. The predicted molar refractivity (Wildman–Crippen MR) is 73.3 cm³/mol. The van der Waals surface area contributed by atoms with E-state index in [0.717, 1.165) is 16.3 Å². The van der Waals surface area contributed by atoms with Crippen molar-refractivity contribution in [3.63, 3.8) is 0 Å². The molecule has 0 aliphatic rings. The number of methoxy groups -OCH3 is 1. The van der Waals surface area contributed by atoms with Crippen molar-refractivity contribution in [1.29, 1.82) is 0 Å². The first-order chi connectivity index (χ1) is 9.26. The molecule has 2 heterocycles. The van der Waals surface area contributed by atoms with Gasteiger partial charge in [0.05, 0.1) is 19.3 Å². The molecule has 0 amide bonds. The van der Waals surface area contributed by atoms with Gasteiger partial charge in [0.15, 0.2) is 16.5 Å². The van der Waals surface area contributed by atoms with Crippen LogP contribution in [0.5, 0.6) is 5.75 Å². The number of imidazole rings is 1. The van der Waals surface area contributed by atoms with Crippen molar-refractivity contribution in [1.82, 2.24) is 9.38 Å². The van der Waals surface area contributed by atoms with E-state index < -0.39 is 0 Å². The molecule has 3 rings (SSSR count). The maximum absolute atomic E-state index is 13.3. The molecule has 0 atom stereocenters. The largest absolute Gasteiger partial charge is 0.494 e. The lowest BCUT2D eigenvalue weighted by Crippen LogP contribution is -2.00. The van der Waals surface area contributed by atoms with Gasteiger partial charge >= 0.3 is 0 Å². The van der Waals surface area contributed by atoms with Crippen molar-refractivity contribution < 1.29 is 9.13 Å². The Morgan fingerprint density at radius 2 is 2.37 bits per heavy atom. The number of benzene rings is 1. The normalized spacial score (nSPS) is 10.8. The monoisotopic (exact) mass is 277 g/mol. The van der Waals surface area contributed by atoms with Crippen molar-refractivity contribution in [3.8, 4) is 5.75 Å². The second-order valence-corrected chi connectivity index (χ2v) is 4.90. The molecule has 0 bridgehead atoms. The van der Waals surface area contributed by atoms with Crippen LogP contribution in [0.3, 0.4) is 0 Å². The number of nitrogens with zero attached hydrogens (tertiary/aromatic N) is 2. The van der Waals surface area contributed by atoms with E-state index in [4.69, 9.17) is 4.74 Å². The third kappa shape index (κ3) is 2.39. The molecule has 0 radical (unpaired) electrons. The average Bonchev–Trinajstić information content (AvgIpc) is 2.98. The summed E-state index contributed by atoms with van der Waals surface area (Å²) < 4.78 is 20.2. The number of rotatable bonds is 4. The number of hydrogen-bond donors (Lipinski definition) is 1. The van der Waals surface area contributed by atoms with E-state index in [1.54, 1.807) is 23.5 Å². The molecule has 2 aromatic heterocycles. The summed E-state index contributed by atoms with van der Waals surface area (Å²) in [5.41, 5.74) is 1.74. The third-order valence-corrected chi connectivity index (χ3v) is 3.54. The van der Waals surface area contributed by atoms with Crippen LogP contribution >= 0.6 is 11.3 Å². The molecule has 1 N–H and O–H groups in total. The summed E-state index contributed by atoms with van der Waals surface area (Å²) in [5.74, 6) is -0.133. The Kier molecular flexibility index (Phi) is 3.08. The minimum absolute atomic E-state index is 0.232. The molecule has 0 saturated carbocycles. The summed E-state index contributed by atoms with van der Waals surface area (Å²) in [4.78, 5) is 5.43. The van der Waals surface area contributed by atoms with Crippen LogP contribution in [0.15, 0.2) is 36.0 Å². The summed E-state index contributed by atoms with van der Waals surface area (Å²) in [6, 6.07) is 4.69. The van der Waals surface area contributed by atoms with Crippen LogP contribution in [-0.2, 0) is 6.54 Å². The summed E-state index contributed by atoms with van der Waals surface area (Å²) in [5, 5.41) is 5.19. The first-order valence-corrected chi connectivity index (χ1v) is 6.63. The predicted octanol–water partition coefficient (Wildman–Crippen LogP) is 3.16. The van der Waals surface area contributed by atoms with E-state index in [9.17, 15) is 4.39 Å². The standard InChI is InChI=1S/C13H12FN3OS/c1-18-12-6-9(2-3-11(12)14)15-7-10-8-17-4-5-19-13(17)16-10/h2-6,8,15H,7H2,1H3. The van der Waals surface area contributed by atoms with Crippen molar-refractivity contribution in [2.75, 3.05) is 12.4 Å². The summed E-state index contributed by atoms with van der Waals surface area (Å²) in [6.07, 6.45) is 3.94. The number of fused-ring (bicyclic) bond motifs is 1. The number of hydrogen-bond acceptors (Lipinski definition) is 4. The van der Waals surface area contributed by atoms with Crippen molar-refractivity contribution in [3.05, 3.63) is 47.5 Å². The van der Waals surface area contributed by atoms with Gasteiger partial charge in [0.25, 0.3) is 0 Å². The number of aromatic nitrogens is 2. The molecule has 19 heavy (non-hydrogen) atoms. The van der Waals surface area contributed by atoms with Gasteiger partial charge in [-0.2, -0.15) is 0 Å². The van der Waals surface area contributed by atoms with Crippen molar-refractivity contribution in [2.45, 2.75) is 6.54 Å². The highest BCUT2D eigenvalue weighted by atomic mass is 32.1. The Bertz CT molecular complexity index is 678. The van der Waals surface area contributed by atoms with Gasteiger partial charge in [-0.15, -0.1) is 11.3 Å². The molecule has 1 aromatic carbocycles. The van der Waals surface area contributed by atoms with E-state index in [0.29, 0.717) is 6.54 Å². The second-order valence-electron chi connectivity index (χ2n) is 4.03. The van der Waals surface area contributed by atoms with Gasteiger partial charge in [-0.25, -0.2) is 9.37 Å². The van der Waals surface area contributed by atoms with Gasteiger partial charge in [-0.1, -0.05) is 0 Å². The Morgan fingerprint density at radius 1 is 1.47 bits per heavy atom. The van der Waals surface area contributed by atoms with Crippen LogP contribution in [-0.4, -0.2) is 16.5 Å². The highest BCUT2D eigenvalue weighted by Gasteiger charge is 2.05. The minimum atomic E-state index is -0.365. The quantitative estimate of drug-likeness (QED) is 0.796. The van der Waals surface area contributed by atoms with Gasteiger partial charge in [-0.05, 0) is 12.1 Å². The zero-order valence-electron chi connectivity index (χ0n) is 10.3. The lowest BCUT2D eigenvalue weighted by molar-refractivity contribution is 0.387. The molecule has 0 fully saturated rings. The number of ether oxygens (including phenoxy) is 1. The highest BCUT2D eigenvalue weighted by Crippen LogP contribution is 2.22. The smallest absolute Gasteiger partial charge is 0.193 e. The second kappa shape index (κ2) is 4.89. The Balaban J connectivity index is 1.73. The molecular formula is C13H12FN3OS. The first-order valence-electron chi connectivity index (χ1n) is 5.75. The lowest BCUT2D eigenvalue weighted by Gasteiger charge is -2.07. The molecule has 98 valence electrons. The minimum Gasteiger partial charge on any atom is -0.494 e. The molecule has 0 unspecified atom stereocenters. The van der Waals surface area contributed by atoms with Crippen molar-refractivity contribution in [2.24, 2.45) is 0 Å². The molecule has 6 heteroatoms. The topological polar surface area (TPSA) is 38.6 Å². The zero-order valence-corrected chi connectivity index (χ0v) is 11.1. The van der Waals surface area contributed by atoms with Crippen LogP contribution < -0.4 is 10.1 Å². The maximum Gasteiger partial charge on any atom is 0.193 e. The maximum atomic E-state index is 13.3. The summed E-state index contributed by atoms with van der Waals surface area (Å²) in [6.45, 7) is 0.586. The van der Waals surface area contributed by atoms with E-state index in [1.807, 2.05) is 22.2 Å². The Morgan fingerprint density at radius 3 is 3.16 bits per heavy atom. The van der Waals surface area contributed by atoms with Gasteiger partial charge in [0.1, 0.15) is 0 Å². The van der Waals surface area contributed by atoms with Crippen LogP contribution in [0.2, 0.25) is 0 Å². The van der Waals surface area contributed by atoms with Crippen LogP contribution in [0.1, 0.15) is 5.69 Å². The van der Waals surface area contributed by atoms with Crippen LogP contribution in [0, 0.1) is 5.82 Å². The molecule has 0 spiro atoms. The SMILES string of the molecule is COc1cc(NCc2cn3ccsc3n2)ccc1F. The van der Waals surface area contributed by atoms with E-state index >= 15 is 0 Å². The van der Waals surface area contributed by atoms with Gasteiger partial charge in [-0.3, -0.25) is 4.40 Å². The number of halogens is 1. The van der Waals surface area contributed by atoms with Gasteiger partial charge in [0.2, 0.25) is 0 Å². The molecule has 4 nitrogen and oxygen atoms in total. The van der Waals surface area contributed by atoms with E-state index in [-0.39, 0.29) is 11.6 Å². The number of thiazole rings is 1. The van der Waals surface area contributed by atoms with E-state index in [2.05, 4.69) is 10.3 Å². The molecule has 3 aromatic rings. The molecular weight excluding hydrogens is 265 g/mol. The molecule has 0 aliphatic carbocycles. The Hall–Kier alpha value is -2.08. The van der Waals surface area contributed by atoms with E-state index in [1.165, 1.54) is 13.2 Å². The fourth-order valence-electron chi connectivity index (χ4n) is 1.82. The van der Waals surface area contributed by atoms with Crippen molar-refractivity contribution >= 4 is 22.0 Å². The number of anilines is 1. The summed E-state index contributed by atoms with van der Waals surface area (Å²) >= 11 is 1.59. The molecule has 0 saturated heterocycles. The van der Waals surface area contributed by atoms with Gasteiger partial charge < -0.3 is 10.1 Å². The highest BCUT2D eigenvalue weighted by molar-refractivity contribution is 7.15. The fourth-order valence-corrected chi connectivity index (χ4v) is 2.54. The zero-order chi connectivity index (χ0) is 13.2. The number of nitrogens with one attached hydrogen (secondary N) is 1. The Labute approximate surface area is 113 Å².